The fourth-order valence-electron chi connectivity index (χ4n) is 4.42. The molecule has 1 aromatic heterocycles. The lowest BCUT2D eigenvalue weighted by Crippen LogP contribution is -2.29. The van der Waals surface area contributed by atoms with Crippen molar-refractivity contribution in [2.24, 2.45) is 5.92 Å². The Morgan fingerprint density at radius 3 is 2.47 bits per heavy atom. The molecule has 1 atom stereocenters. The molecule has 2 N–H and O–H groups in total. The zero-order chi connectivity index (χ0) is 27.1. The molecule has 1 fully saturated rings. The number of anilines is 1. The molecule has 38 heavy (non-hydrogen) atoms. The number of phenols is 1. The van der Waals surface area contributed by atoms with E-state index in [9.17, 15) is 19.8 Å². The van der Waals surface area contributed by atoms with Gasteiger partial charge in [-0.25, -0.2) is 4.98 Å². The number of nitrogens with zero attached hydrogens (tertiary/aromatic N) is 2. The number of amides is 1. The van der Waals surface area contributed by atoms with Crippen molar-refractivity contribution in [3.05, 3.63) is 88.5 Å². The third-order valence-corrected chi connectivity index (χ3v) is 7.56. The first-order valence-corrected chi connectivity index (χ1v) is 13.2. The smallest absolute Gasteiger partial charge is 0.301 e. The van der Waals surface area contributed by atoms with E-state index < -0.39 is 17.7 Å². The molecular formula is C30H28N2O5S. The maximum atomic E-state index is 13.5. The van der Waals surface area contributed by atoms with Crippen molar-refractivity contribution in [2.75, 3.05) is 11.5 Å². The van der Waals surface area contributed by atoms with Gasteiger partial charge in [-0.3, -0.25) is 14.5 Å². The molecule has 0 saturated carbocycles. The summed E-state index contributed by atoms with van der Waals surface area (Å²) in [4.78, 5) is 33.0. The molecule has 4 aromatic rings. The first-order valence-electron chi connectivity index (χ1n) is 12.3. The highest BCUT2D eigenvalue weighted by Crippen LogP contribution is 2.45. The van der Waals surface area contributed by atoms with E-state index in [4.69, 9.17) is 9.72 Å². The van der Waals surface area contributed by atoms with Crippen LogP contribution in [-0.2, 0) is 9.59 Å². The van der Waals surface area contributed by atoms with Gasteiger partial charge in [0.05, 0.1) is 28.4 Å². The van der Waals surface area contributed by atoms with Gasteiger partial charge in [0.1, 0.15) is 17.3 Å². The predicted octanol–water partition coefficient (Wildman–Crippen LogP) is 6.28. The summed E-state index contributed by atoms with van der Waals surface area (Å²) in [5.41, 5.74) is 3.78. The molecule has 0 radical (unpaired) electrons. The number of aliphatic hydroxyl groups excluding tert-OH is 1. The van der Waals surface area contributed by atoms with Gasteiger partial charge in [0, 0.05) is 5.56 Å². The van der Waals surface area contributed by atoms with E-state index in [0.717, 1.165) is 21.3 Å². The number of rotatable bonds is 6. The summed E-state index contributed by atoms with van der Waals surface area (Å²) in [7, 11) is 0. The molecule has 1 aliphatic rings. The number of Topliss-reactive ketones (excluding diaryl/α,β-unsaturated/α-hetero) is 1. The van der Waals surface area contributed by atoms with Crippen LogP contribution in [0, 0.1) is 19.8 Å². The third-order valence-electron chi connectivity index (χ3n) is 6.54. The fourth-order valence-corrected chi connectivity index (χ4v) is 5.50. The predicted molar refractivity (Wildman–Crippen MR) is 149 cm³/mol. The van der Waals surface area contributed by atoms with Crippen LogP contribution in [-0.4, -0.2) is 33.5 Å². The van der Waals surface area contributed by atoms with Crippen molar-refractivity contribution in [2.45, 2.75) is 33.7 Å². The Labute approximate surface area is 224 Å². The fraction of sp³-hybridized carbons (Fsp3) is 0.233. The van der Waals surface area contributed by atoms with Crippen molar-refractivity contribution < 1.29 is 24.5 Å². The molecular weight excluding hydrogens is 500 g/mol. The van der Waals surface area contributed by atoms with Crippen LogP contribution in [0.3, 0.4) is 0 Å². The van der Waals surface area contributed by atoms with Crippen LogP contribution in [0.1, 0.15) is 42.1 Å². The van der Waals surface area contributed by atoms with Gasteiger partial charge in [-0.1, -0.05) is 49.4 Å². The van der Waals surface area contributed by atoms with Gasteiger partial charge in [0.25, 0.3) is 5.78 Å². The van der Waals surface area contributed by atoms with Crippen LogP contribution in [0.15, 0.2) is 66.2 Å². The second-order valence-corrected chi connectivity index (χ2v) is 10.9. The van der Waals surface area contributed by atoms with Crippen LogP contribution in [0.25, 0.3) is 16.0 Å². The molecule has 3 aromatic carbocycles. The quantitative estimate of drug-likeness (QED) is 0.174. The van der Waals surface area contributed by atoms with Crippen molar-refractivity contribution >= 4 is 44.1 Å². The highest BCUT2D eigenvalue weighted by molar-refractivity contribution is 7.22. The Morgan fingerprint density at radius 2 is 1.76 bits per heavy atom. The van der Waals surface area contributed by atoms with Gasteiger partial charge in [-0.05, 0) is 72.9 Å². The molecule has 7 nitrogen and oxygen atoms in total. The number of hydrogen-bond donors (Lipinski definition) is 2. The number of carbonyl (C=O) groups excluding carboxylic acids is 2. The molecule has 1 aliphatic heterocycles. The van der Waals surface area contributed by atoms with E-state index in [-0.39, 0.29) is 17.1 Å². The van der Waals surface area contributed by atoms with E-state index in [1.54, 1.807) is 36.4 Å². The van der Waals surface area contributed by atoms with Crippen molar-refractivity contribution in [3.63, 3.8) is 0 Å². The van der Waals surface area contributed by atoms with E-state index in [1.807, 2.05) is 39.8 Å². The van der Waals surface area contributed by atoms with Gasteiger partial charge in [-0.15, -0.1) is 0 Å². The minimum absolute atomic E-state index is 0.0478. The van der Waals surface area contributed by atoms with Crippen LogP contribution >= 0.6 is 11.3 Å². The molecule has 8 heteroatoms. The van der Waals surface area contributed by atoms with E-state index in [1.165, 1.54) is 28.4 Å². The number of aryl methyl sites for hydroxylation is 2. The number of phenolic OH excluding ortho intramolecular Hbond substituents is 1. The van der Waals surface area contributed by atoms with Crippen molar-refractivity contribution in [1.29, 1.82) is 0 Å². The first-order chi connectivity index (χ1) is 18.1. The number of fused-ring (bicyclic) bond motifs is 1. The summed E-state index contributed by atoms with van der Waals surface area (Å²) in [6.07, 6.45) is 0. The number of ether oxygens (including phenoxy) is 1. The minimum atomic E-state index is -0.932. The number of aliphatic hydroxyl groups is 1. The van der Waals surface area contributed by atoms with Gasteiger partial charge >= 0.3 is 5.91 Å². The third kappa shape index (κ3) is 4.63. The average molecular weight is 529 g/mol. The van der Waals surface area contributed by atoms with Gasteiger partial charge in [0.15, 0.2) is 5.13 Å². The summed E-state index contributed by atoms with van der Waals surface area (Å²) in [6.45, 7) is 8.57. The van der Waals surface area contributed by atoms with Gasteiger partial charge < -0.3 is 14.9 Å². The molecule has 0 aliphatic carbocycles. The molecule has 194 valence electrons. The Morgan fingerprint density at radius 1 is 1.05 bits per heavy atom. The monoisotopic (exact) mass is 528 g/mol. The number of hydrogen-bond acceptors (Lipinski definition) is 7. The Hall–Kier alpha value is -4.17. The Balaban J connectivity index is 1.66. The topological polar surface area (TPSA) is 100.0 Å². The van der Waals surface area contributed by atoms with E-state index in [2.05, 4.69) is 0 Å². The zero-order valence-electron chi connectivity index (χ0n) is 21.6. The maximum Gasteiger partial charge on any atom is 0.301 e. The van der Waals surface area contributed by atoms with Crippen LogP contribution < -0.4 is 9.64 Å². The second-order valence-electron chi connectivity index (χ2n) is 9.89. The molecule has 0 bridgehead atoms. The number of aromatic hydroxyl groups is 1. The SMILES string of the molecule is Cc1cc2nc(N3C(=O)C(=O)/C(=C(/O)c4cccc(OCC(C)C)c4)C3c3ccc(O)cc3)sc2cc1C. The highest BCUT2D eigenvalue weighted by atomic mass is 32.1. The normalized spacial score (nSPS) is 17.1. The van der Waals surface area contributed by atoms with Crippen molar-refractivity contribution in [1.82, 2.24) is 4.98 Å². The molecule has 5 rings (SSSR count). The first kappa shape index (κ1) is 25.5. The average Bonchev–Trinajstić information content (AvgIpc) is 3.40. The largest absolute Gasteiger partial charge is 0.508 e. The zero-order valence-corrected chi connectivity index (χ0v) is 22.4. The molecule has 1 saturated heterocycles. The summed E-state index contributed by atoms with van der Waals surface area (Å²) >= 11 is 1.31. The second kappa shape index (κ2) is 9.95. The summed E-state index contributed by atoms with van der Waals surface area (Å²) < 4.78 is 6.70. The Bertz CT molecular complexity index is 1550. The minimum Gasteiger partial charge on any atom is -0.508 e. The Kier molecular flexibility index (Phi) is 6.67. The summed E-state index contributed by atoms with van der Waals surface area (Å²) in [6, 6.07) is 16.1. The highest BCUT2D eigenvalue weighted by Gasteiger charge is 2.48. The summed E-state index contributed by atoms with van der Waals surface area (Å²) in [5, 5.41) is 21.7. The lowest BCUT2D eigenvalue weighted by Gasteiger charge is -2.23. The van der Waals surface area contributed by atoms with Crippen molar-refractivity contribution in [3.8, 4) is 11.5 Å². The van der Waals surface area contributed by atoms with E-state index >= 15 is 0 Å². The number of thiazole rings is 1. The molecule has 1 unspecified atom stereocenters. The molecule has 1 amide bonds. The standard InChI is InChI=1S/C30H28N2O5S/c1-16(2)15-37-22-7-5-6-20(14-22)27(34)25-26(19-8-10-21(33)11-9-19)32(29(36)28(25)35)30-31-23-12-17(3)18(4)13-24(23)38-30/h5-14,16,26,33-34H,15H2,1-4H3/b27-25+. The van der Waals surface area contributed by atoms with Gasteiger partial charge in [0.2, 0.25) is 0 Å². The lowest BCUT2D eigenvalue weighted by atomic mass is 9.95. The van der Waals surface area contributed by atoms with Crippen LogP contribution in [0.5, 0.6) is 11.5 Å². The molecule has 2 heterocycles. The number of aromatic nitrogens is 1. The molecule has 0 spiro atoms. The lowest BCUT2D eigenvalue weighted by molar-refractivity contribution is -0.132. The van der Waals surface area contributed by atoms with Crippen LogP contribution in [0.2, 0.25) is 0 Å². The maximum absolute atomic E-state index is 13.5. The number of benzene rings is 3. The van der Waals surface area contributed by atoms with Crippen LogP contribution in [0.4, 0.5) is 5.13 Å². The summed E-state index contributed by atoms with van der Waals surface area (Å²) in [5.74, 6) is -0.966. The number of carbonyl (C=O) groups is 2. The number of ketones is 1. The van der Waals surface area contributed by atoms with Gasteiger partial charge in [-0.2, -0.15) is 0 Å². The van der Waals surface area contributed by atoms with E-state index in [0.29, 0.717) is 34.5 Å².